The third-order valence-electron chi connectivity index (χ3n) is 10.7. The largest absolute Gasteiger partial charge is 0.507 e. The molecule has 8 rings (SSSR count). The predicted molar refractivity (Wildman–Crippen MR) is 267 cm³/mol. The molecule has 0 saturated carbocycles. The van der Waals surface area contributed by atoms with Gasteiger partial charge in [-0.2, -0.15) is 0 Å². The van der Waals surface area contributed by atoms with E-state index in [9.17, 15) is 5.11 Å². The third-order valence-corrected chi connectivity index (χ3v) is 10.7. The first-order valence-corrected chi connectivity index (χ1v) is 19.6. The van der Waals surface area contributed by atoms with Gasteiger partial charge in [-0.15, -0.1) is 0 Å². The minimum atomic E-state index is -4.34. The van der Waals surface area contributed by atoms with E-state index in [1.807, 2.05) is 20.8 Å². The first-order chi connectivity index (χ1) is 43.7. The molecule has 0 fully saturated rings. The fourth-order valence-corrected chi connectivity index (χ4v) is 7.36. The van der Waals surface area contributed by atoms with Gasteiger partial charge in [-0.25, -0.2) is 4.98 Å². The lowest BCUT2D eigenvalue weighted by Gasteiger charge is -2.27. The Hall–Kier alpha value is -6.26. The molecule has 0 unspecified atom stereocenters. The van der Waals surface area contributed by atoms with Crippen LogP contribution in [-0.4, -0.2) is 19.6 Å². The third kappa shape index (κ3) is 8.61. The van der Waals surface area contributed by atoms with Crippen LogP contribution in [0, 0.1) is 6.85 Å². The normalized spacial score (nSPS) is 22.5. The number of para-hydroxylation sites is 1. The lowest BCUT2D eigenvalue weighted by molar-refractivity contribution is 0.446. The highest BCUT2D eigenvalue weighted by molar-refractivity contribution is 5.97. The number of benzene rings is 6. The Morgan fingerprint density at radius 1 is 0.540 bits per heavy atom. The van der Waals surface area contributed by atoms with Gasteiger partial charge in [-0.3, -0.25) is 9.55 Å². The zero-order valence-corrected chi connectivity index (χ0v) is 34.3. The SMILES string of the molecule is [2H]c1c([2H])c(C(C([2H])([2H])[2H])(C([2H])([2H])[2H])C([2H])([2H])[2H])c([2H])c([2H])c1-c1ccnc(-c2cc(-c3cccc4c3nc(-c3cc(C(C([2H])([2H])[2H])(C([2H])([2H])[2H])C([2H])([2H])[2H])cc(C(C([2H])([2H])[2H])(C([2H])([2H])[2H])C([2H])([2H])[2H])c3O)n4-c3ccc(-c4ccccc4)cc3C([2H])([2H])[2H])cc(C(C)(C)C)c2)c1. The Morgan fingerprint density at radius 2 is 1.22 bits per heavy atom. The quantitative estimate of drug-likeness (QED) is 0.181. The number of pyridine rings is 1. The molecule has 0 atom stereocenters. The molecule has 0 aliphatic rings. The summed E-state index contributed by atoms with van der Waals surface area (Å²) in [7, 11) is 0. The maximum absolute atomic E-state index is 13.0. The summed E-state index contributed by atoms with van der Waals surface area (Å²) < 4.78 is 296. The van der Waals surface area contributed by atoms with Crippen molar-refractivity contribution in [3.05, 3.63) is 167 Å². The summed E-state index contributed by atoms with van der Waals surface area (Å²) in [6, 6.07) is 20.3. The molecule has 63 heavy (non-hydrogen) atoms. The average Bonchev–Trinajstić information content (AvgIpc) is 1.56. The molecule has 2 heterocycles. The molecule has 0 aliphatic heterocycles. The van der Waals surface area contributed by atoms with Crippen molar-refractivity contribution in [3.8, 4) is 67.5 Å². The Kier molecular flexibility index (Phi) is 4.63. The van der Waals surface area contributed by atoms with E-state index in [2.05, 4.69) is 4.98 Å². The molecule has 0 radical (unpaired) electrons. The second kappa shape index (κ2) is 15.8. The van der Waals surface area contributed by atoms with E-state index >= 15 is 0 Å². The maximum Gasteiger partial charge on any atom is 0.149 e. The number of hydrogen-bond acceptors (Lipinski definition) is 3. The Labute approximate surface area is 423 Å². The summed E-state index contributed by atoms with van der Waals surface area (Å²) in [5.41, 5.74) is -18.8. The van der Waals surface area contributed by atoms with Crippen molar-refractivity contribution in [1.82, 2.24) is 14.5 Å². The van der Waals surface area contributed by atoms with Crippen LogP contribution < -0.4 is 0 Å². The van der Waals surface area contributed by atoms with Crippen molar-refractivity contribution in [1.29, 1.82) is 0 Å². The predicted octanol–water partition coefficient (Wildman–Crippen LogP) is 16.0. The number of nitrogens with zero attached hydrogens (tertiary/aromatic N) is 3. The number of aromatic hydroxyl groups is 1. The fraction of sp³-hybridized carbons (Fsp3) is 0.288. The average molecular weight is 864 g/mol. The van der Waals surface area contributed by atoms with Crippen LogP contribution in [0.15, 0.2) is 140 Å². The minimum Gasteiger partial charge on any atom is -0.507 e. The number of rotatable bonds is 6. The molecule has 6 aromatic carbocycles. The summed E-state index contributed by atoms with van der Waals surface area (Å²) in [5.74, 6) is -2.41. The van der Waals surface area contributed by atoms with Crippen molar-refractivity contribution in [2.75, 3.05) is 0 Å². The molecule has 0 amide bonds. The fourth-order valence-electron chi connectivity index (χ4n) is 7.36. The summed E-state index contributed by atoms with van der Waals surface area (Å²) in [6.07, 6.45) is 1.21. The van der Waals surface area contributed by atoms with E-state index in [1.54, 1.807) is 42.5 Å². The van der Waals surface area contributed by atoms with Crippen LogP contribution in [0.4, 0.5) is 0 Å². The lowest BCUT2D eigenvalue weighted by Crippen LogP contribution is -2.17. The molecule has 8 aromatic rings. The van der Waals surface area contributed by atoms with Crippen LogP contribution in [0.2, 0.25) is 0 Å². The van der Waals surface area contributed by atoms with Gasteiger partial charge in [0.05, 0.1) is 33.5 Å². The van der Waals surface area contributed by atoms with Crippen LogP contribution in [-0.2, 0) is 21.7 Å². The molecule has 1 N–H and O–H groups in total. The van der Waals surface area contributed by atoms with Crippen LogP contribution >= 0.6 is 0 Å². The first-order valence-electron chi connectivity index (χ1n) is 36.6. The van der Waals surface area contributed by atoms with Crippen LogP contribution in [0.25, 0.3) is 72.7 Å². The van der Waals surface area contributed by atoms with Crippen molar-refractivity contribution in [2.45, 2.75) is 111 Å². The molecule has 0 spiro atoms. The van der Waals surface area contributed by atoms with E-state index in [1.165, 1.54) is 60.8 Å². The Morgan fingerprint density at radius 3 is 1.92 bits per heavy atom. The maximum atomic E-state index is 13.0. The number of fused-ring (bicyclic) bond motifs is 1. The summed E-state index contributed by atoms with van der Waals surface area (Å²) in [6.45, 7) is -35.1. The highest BCUT2D eigenvalue weighted by Crippen LogP contribution is 2.45. The lowest BCUT2D eigenvalue weighted by atomic mass is 9.79. The van der Waals surface area contributed by atoms with Crippen LogP contribution in [0.5, 0.6) is 5.75 Å². The Bertz CT molecular complexity index is 4210. The summed E-state index contributed by atoms with van der Waals surface area (Å²) in [4.78, 5) is 9.51. The number of aromatic nitrogens is 3. The first kappa shape index (κ1) is 18.5. The van der Waals surface area contributed by atoms with Gasteiger partial charge >= 0.3 is 0 Å². The molecular formula is C59H63N3O. The zero-order valence-electron chi connectivity index (χ0n) is 68.3. The molecular weight excluding hydrogens is 767 g/mol. The molecule has 0 bridgehead atoms. The second-order valence-electron chi connectivity index (χ2n) is 16.4. The number of phenolic OH excluding ortho intramolecular Hbond substituents is 1. The van der Waals surface area contributed by atoms with E-state index in [0.29, 0.717) is 22.8 Å². The molecule has 4 heteroatoms. The zero-order chi connectivity index (χ0) is 73.7. The van der Waals surface area contributed by atoms with Gasteiger partial charge in [-0.1, -0.05) is 167 Å². The second-order valence-corrected chi connectivity index (χ2v) is 16.4. The summed E-state index contributed by atoms with van der Waals surface area (Å²) in [5, 5.41) is 13.0. The van der Waals surface area contributed by atoms with Gasteiger partial charge in [0.15, 0.2) is 0 Å². The van der Waals surface area contributed by atoms with Gasteiger partial charge in [0.25, 0.3) is 0 Å². The van der Waals surface area contributed by atoms with Crippen LogP contribution in [0.3, 0.4) is 0 Å². The molecule has 0 saturated heterocycles. The Balaban J connectivity index is 1.56. The molecule has 0 aliphatic carbocycles. The number of hydrogen-bond donors (Lipinski definition) is 1. The highest BCUT2D eigenvalue weighted by Gasteiger charge is 2.29. The summed E-state index contributed by atoms with van der Waals surface area (Å²) >= 11 is 0. The van der Waals surface area contributed by atoms with Crippen molar-refractivity contribution in [2.24, 2.45) is 0 Å². The number of phenols is 1. The van der Waals surface area contributed by atoms with Gasteiger partial charge in [-0.05, 0) is 127 Å². The van der Waals surface area contributed by atoms with Gasteiger partial charge < -0.3 is 5.11 Å². The van der Waals surface area contributed by atoms with Crippen molar-refractivity contribution in [3.63, 3.8) is 0 Å². The molecule has 320 valence electrons. The smallest absolute Gasteiger partial charge is 0.149 e. The van der Waals surface area contributed by atoms with Gasteiger partial charge in [0, 0.05) is 64.0 Å². The molecule has 2 aromatic heterocycles. The van der Waals surface area contributed by atoms with E-state index < -0.39 is 159 Å². The van der Waals surface area contributed by atoms with Crippen molar-refractivity contribution >= 4 is 11.0 Å². The van der Waals surface area contributed by atoms with Crippen LogP contribution in [0.1, 0.15) is 157 Å². The standard InChI is InChI=1S/C59H63N3O/c1-37-30-40(38-18-15-14-16-19-38)24-27-51(37)62-52-21-17-20-47(53(52)61-55(62)48-35-46(58(8,9)10)36-49(54(48)63)59(11,12)13)42-31-43(33-45(32-42)57(5,6)7)50-34-41(28-29-60-50)39-22-25-44(26-23-39)56(2,3)4/h14-36,63H,1-13H3/i1D3,2D3,3D3,4D3,8D3,9D3,10D3,11D3,12D3,13D3,22D,23D,25D,26D. The number of imidazole rings is 1. The highest BCUT2D eigenvalue weighted by atomic mass is 16.3. The van der Waals surface area contributed by atoms with Gasteiger partial charge in [0.2, 0.25) is 0 Å². The van der Waals surface area contributed by atoms with Crippen molar-refractivity contribution < 1.29 is 51.7 Å². The van der Waals surface area contributed by atoms with E-state index in [-0.39, 0.29) is 50.7 Å². The minimum absolute atomic E-state index is 0.0311. The molecule has 4 nitrogen and oxygen atoms in total. The van der Waals surface area contributed by atoms with Gasteiger partial charge in [0.1, 0.15) is 11.6 Å². The monoisotopic (exact) mass is 864 g/mol. The van der Waals surface area contributed by atoms with E-state index in [4.69, 9.17) is 51.6 Å². The topological polar surface area (TPSA) is 50.9 Å². The number of aryl methyl sites for hydroxylation is 1. The van der Waals surface area contributed by atoms with E-state index in [0.717, 1.165) is 4.57 Å².